The van der Waals surface area contributed by atoms with E-state index in [4.69, 9.17) is 104 Å². The van der Waals surface area contributed by atoms with Crippen molar-refractivity contribution < 1.29 is 0 Å². The number of rotatable bonds is 4. The molecule has 13 heteroatoms. The number of halogens is 9. The van der Waals surface area contributed by atoms with Crippen LogP contribution >= 0.6 is 104 Å². The summed E-state index contributed by atoms with van der Waals surface area (Å²) in [6.45, 7) is 0. The van der Waals surface area contributed by atoms with Crippen LogP contribution in [0, 0.1) is 0 Å². The number of alkyl halides is 8. The van der Waals surface area contributed by atoms with Gasteiger partial charge in [-0.15, -0.1) is 23.2 Å². The predicted molar refractivity (Wildman–Crippen MR) is 113 cm³/mol. The maximum absolute atomic E-state index is 6.34. The molecule has 142 valence electrons. The maximum atomic E-state index is 6.34. The molecule has 0 aliphatic carbocycles. The number of nitrogens with zero attached hydrogens (tertiary/aromatic N) is 4. The molecule has 4 nitrogen and oxygen atoms in total. The van der Waals surface area contributed by atoms with E-state index < -0.39 is 7.59 Å². The molecule has 0 bridgehead atoms. The fourth-order valence-electron chi connectivity index (χ4n) is 1.80. The Labute approximate surface area is 194 Å². The summed E-state index contributed by atoms with van der Waals surface area (Å²) in [6, 6.07) is 5.36. The topological polar surface area (TPSA) is 41.9 Å². The summed E-state index contributed by atoms with van der Waals surface area (Å²) in [4.78, 5) is 13.8. The molecular weight excluding hydrogens is 531 g/mol. The van der Waals surface area contributed by atoms with Crippen LogP contribution in [-0.4, -0.2) is 27.0 Å². The molecule has 1 aromatic heterocycles. The second-order valence-corrected chi connectivity index (χ2v) is 10.2. The van der Waals surface area contributed by atoms with Crippen LogP contribution in [0.4, 0.5) is 5.69 Å². The third kappa shape index (κ3) is 5.59. The Bertz CT molecular complexity index is 752. The molecular formula is C13H7Cl9N4. The van der Waals surface area contributed by atoms with Gasteiger partial charge in [0, 0.05) is 11.3 Å². The second-order valence-electron chi connectivity index (χ2n) is 4.74. The van der Waals surface area contributed by atoms with Gasteiger partial charge >= 0.3 is 0 Å². The molecule has 0 amide bonds. The zero-order valence-electron chi connectivity index (χ0n) is 12.3. The van der Waals surface area contributed by atoms with E-state index >= 15 is 0 Å². The van der Waals surface area contributed by atoms with E-state index in [0.29, 0.717) is 16.3 Å². The standard InChI is InChI=1S/C13H7Cl9N4/c14-4-26(5-15)6-1-2-7(8(16)3-6)9-23-10(12(17,18)19)25-11(24-9)13(20,21)22/h1-3H,4-5H2. The van der Waals surface area contributed by atoms with E-state index in [2.05, 4.69) is 15.0 Å². The summed E-state index contributed by atoms with van der Waals surface area (Å²) in [5.74, 6) is -0.350. The van der Waals surface area contributed by atoms with Crippen LogP contribution in [0.1, 0.15) is 11.6 Å². The molecule has 0 atom stereocenters. The Hall–Kier alpha value is 0.640. The third-order valence-electron chi connectivity index (χ3n) is 2.99. The van der Waals surface area contributed by atoms with Gasteiger partial charge in [0.25, 0.3) is 0 Å². The first-order valence-electron chi connectivity index (χ1n) is 6.54. The third-order valence-corrected chi connectivity index (χ3v) is 4.89. The van der Waals surface area contributed by atoms with Gasteiger partial charge in [-0.05, 0) is 18.2 Å². The van der Waals surface area contributed by atoms with Crippen LogP contribution in [-0.2, 0) is 7.59 Å². The average molecular weight is 538 g/mol. The lowest BCUT2D eigenvalue weighted by atomic mass is 10.2. The summed E-state index contributed by atoms with van der Waals surface area (Å²) < 4.78 is -3.91. The van der Waals surface area contributed by atoms with Crippen molar-refractivity contribution in [2.45, 2.75) is 7.59 Å². The zero-order valence-corrected chi connectivity index (χ0v) is 19.1. The van der Waals surface area contributed by atoms with Gasteiger partial charge in [-0.1, -0.05) is 81.2 Å². The minimum absolute atomic E-state index is 0.0718. The van der Waals surface area contributed by atoms with Crippen molar-refractivity contribution in [3.8, 4) is 11.4 Å². The van der Waals surface area contributed by atoms with Gasteiger partial charge in [0.1, 0.15) is 0 Å². The predicted octanol–water partition coefficient (Wildman–Crippen LogP) is 7.04. The van der Waals surface area contributed by atoms with Crippen molar-refractivity contribution in [3.63, 3.8) is 0 Å². The minimum Gasteiger partial charge on any atom is -0.344 e. The molecule has 2 rings (SSSR count). The first-order valence-corrected chi connectivity index (χ1v) is 10.3. The van der Waals surface area contributed by atoms with Crippen LogP contribution in [0.25, 0.3) is 11.4 Å². The average Bonchev–Trinajstić information content (AvgIpc) is 2.54. The van der Waals surface area contributed by atoms with E-state index in [1.54, 1.807) is 23.1 Å². The lowest BCUT2D eigenvalue weighted by molar-refractivity contribution is 0.851. The molecule has 1 aromatic carbocycles. The van der Waals surface area contributed by atoms with Crippen LogP contribution in [0.15, 0.2) is 18.2 Å². The highest BCUT2D eigenvalue weighted by atomic mass is 35.6. The normalized spacial score (nSPS) is 12.3. The molecule has 0 aliphatic heterocycles. The molecule has 0 unspecified atom stereocenters. The van der Waals surface area contributed by atoms with Gasteiger partial charge in [-0.25, -0.2) is 15.0 Å². The number of anilines is 1. The number of hydrogen-bond donors (Lipinski definition) is 0. The van der Waals surface area contributed by atoms with Crippen LogP contribution < -0.4 is 4.90 Å². The summed E-state index contributed by atoms with van der Waals surface area (Å²) in [7, 11) is 0. The van der Waals surface area contributed by atoms with Gasteiger partial charge in [-0.3, -0.25) is 0 Å². The smallest absolute Gasteiger partial charge is 0.250 e. The molecule has 0 saturated carbocycles. The summed E-state index contributed by atoms with van der Waals surface area (Å²) in [6.07, 6.45) is 0. The highest BCUT2D eigenvalue weighted by molar-refractivity contribution is 6.67. The molecule has 0 N–H and O–H groups in total. The molecule has 0 spiro atoms. The molecule has 26 heavy (non-hydrogen) atoms. The van der Waals surface area contributed by atoms with Gasteiger partial charge in [-0.2, -0.15) is 0 Å². The van der Waals surface area contributed by atoms with Gasteiger partial charge in [0.2, 0.25) is 7.59 Å². The van der Waals surface area contributed by atoms with E-state index in [1.807, 2.05) is 0 Å². The fourth-order valence-corrected chi connectivity index (χ4v) is 3.10. The lowest BCUT2D eigenvalue weighted by Gasteiger charge is -2.20. The molecule has 0 radical (unpaired) electrons. The Morgan fingerprint density at radius 1 is 0.808 bits per heavy atom. The Morgan fingerprint density at radius 3 is 1.69 bits per heavy atom. The Balaban J connectivity index is 2.61. The largest absolute Gasteiger partial charge is 0.344 e. The fraction of sp³-hybridized carbons (Fsp3) is 0.308. The van der Waals surface area contributed by atoms with Crippen LogP contribution in [0.3, 0.4) is 0 Å². The quantitative estimate of drug-likeness (QED) is 0.309. The highest BCUT2D eigenvalue weighted by Gasteiger charge is 2.34. The first kappa shape index (κ1) is 22.9. The van der Waals surface area contributed by atoms with Crippen LogP contribution in [0.5, 0.6) is 0 Å². The van der Waals surface area contributed by atoms with Crippen LogP contribution in [0.2, 0.25) is 5.02 Å². The van der Waals surface area contributed by atoms with Crippen molar-refractivity contribution in [1.29, 1.82) is 0 Å². The van der Waals surface area contributed by atoms with Crippen molar-refractivity contribution >= 4 is 110 Å². The van der Waals surface area contributed by atoms with Crippen molar-refractivity contribution in [1.82, 2.24) is 15.0 Å². The number of aromatic nitrogens is 3. The molecule has 0 fully saturated rings. The zero-order chi connectivity index (χ0) is 19.7. The van der Waals surface area contributed by atoms with E-state index in [0.717, 1.165) is 0 Å². The van der Waals surface area contributed by atoms with Crippen molar-refractivity contribution in [2.24, 2.45) is 0 Å². The molecule has 0 saturated heterocycles. The van der Waals surface area contributed by atoms with E-state index in [-0.39, 0.29) is 29.5 Å². The lowest BCUT2D eigenvalue weighted by Crippen LogP contribution is -2.19. The highest BCUT2D eigenvalue weighted by Crippen LogP contribution is 2.41. The maximum Gasteiger partial charge on any atom is 0.250 e. The second kappa shape index (κ2) is 8.98. The molecule has 1 heterocycles. The Morgan fingerprint density at radius 2 is 1.31 bits per heavy atom. The minimum atomic E-state index is -1.96. The summed E-state index contributed by atoms with van der Waals surface area (Å²) >= 11 is 53.2. The summed E-state index contributed by atoms with van der Waals surface area (Å²) in [5, 5.41) is 0.291. The first-order chi connectivity index (χ1) is 12.0. The molecule has 0 aliphatic rings. The Kier molecular flexibility index (Phi) is 7.92. The van der Waals surface area contributed by atoms with Gasteiger partial charge in [0.05, 0.1) is 17.0 Å². The van der Waals surface area contributed by atoms with Crippen molar-refractivity contribution in [3.05, 3.63) is 34.9 Å². The molecule has 2 aromatic rings. The SMILES string of the molecule is ClCN(CCl)c1ccc(-c2nc(C(Cl)(Cl)Cl)nc(C(Cl)(Cl)Cl)n2)c(Cl)c1. The summed E-state index contributed by atoms with van der Waals surface area (Å²) in [5.41, 5.74) is 1.11. The van der Waals surface area contributed by atoms with E-state index in [1.165, 1.54) is 0 Å². The number of hydrogen-bond acceptors (Lipinski definition) is 4. The van der Waals surface area contributed by atoms with E-state index in [9.17, 15) is 0 Å². The van der Waals surface area contributed by atoms with Gasteiger partial charge < -0.3 is 4.90 Å². The van der Waals surface area contributed by atoms with Gasteiger partial charge in [0.15, 0.2) is 17.5 Å². The monoisotopic (exact) mass is 534 g/mol. The number of benzene rings is 1. The van der Waals surface area contributed by atoms with Crippen molar-refractivity contribution in [2.75, 3.05) is 16.9 Å².